The summed E-state index contributed by atoms with van der Waals surface area (Å²) in [6.07, 6.45) is 0.732. The number of likely N-dealkylation sites (tertiary alicyclic amines) is 1. The van der Waals surface area contributed by atoms with Crippen molar-refractivity contribution >= 4 is 17.9 Å². The van der Waals surface area contributed by atoms with Gasteiger partial charge < -0.3 is 10.4 Å². The van der Waals surface area contributed by atoms with Gasteiger partial charge in [-0.25, -0.2) is 4.79 Å². The Morgan fingerprint density at radius 3 is 2.58 bits per heavy atom. The van der Waals surface area contributed by atoms with Crippen molar-refractivity contribution in [3.63, 3.8) is 0 Å². The van der Waals surface area contributed by atoms with Crippen molar-refractivity contribution in [1.29, 1.82) is 0 Å². The van der Waals surface area contributed by atoms with Gasteiger partial charge in [0.15, 0.2) is 0 Å². The fourth-order valence-corrected chi connectivity index (χ4v) is 2.37. The molecule has 0 aromatic heterocycles. The lowest BCUT2D eigenvalue weighted by atomic mass is 10.0. The molecule has 1 fully saturated rings. The number of aliphatic carboxylic acids is 1. The van der Waals surface area contributed by atoms with Crippen LogP contribution in [0, 0.1) is 5.92 Å². The van der Waals surface area contributed by atoms with Crippen LogP contribution in [0.25, 0.3) is 0 Å². The number of hydrogen-bond donors (Lipinski definition) is 3. The number of carboxylic acids is 1. The molecule has 0 spiro atoms. The van der Waals surface area contributed by atoms with Crippen molar-refractivity contribution in [2.24, 2.45) is 5.92 Å². The first-order valence-electron chi connectivity index (χ1n) is 6.45. The maximum atomic E-state index is 11.9. The molecule has 0 aromatic carbocycles. The molecule has 0 saturated carbocycles. The topological polar surface area (TPSA) is 98.7 Å². The third-order valence-corrected chi connectivity index (χ3v) is 3.44. The second kappa shape index (κ2) is 6.51. The van der Waals surface area contributed by atoms with Crippen molar-refractivity contribution in [3.05, 3.63) is 0 Å². The number of nitrogens with one attached hydrogen (secondary N) is 2. The molecule has 1 heterocycles. The first kappa shape index (κ1) is 15.4. The van der Waals surface area contributed by atoms with E-state index in [0.29, 0.717) is 13.1 Å². The molecule has 7 heteroatoms. The second-order valence-corrected chi connectivity index (χ2v) is 4.81. The standard InChI is InChI=1S/C12H21N3O4/c1-4-13-12(19)14-10(16)8(3)15-6-5-7(2)9(15)11(17)18/h7-9H,4-6H2,1-3H3,(H,17,18)(H2,13,14,16,19). The van der Waals surface area contributed by atoms with E-state index in [-0.39, 0.29) is 5.92 Å². The van der Waals surface area contributed by atoms with Gasteiger partial charge in [-0.05, 0) is 26.2 Å². The van der Waals surface area contributed by atoms with Crippen LogP contribution in [0.2, 0.25) is 0 Å². The van der Waals surface area contributed by atoms with E-state index in [1.165, 1.54) is 0 Å². The van der Waals surface area contributed by atoms with E-state index >= 15 is 0 Å². The fraction of sp³-hybridized carbons (Fsp3) is 0.750. The van der Waals surface area contributed by atoms with Gasteiger partial charge in [-0.15, -0.1) is 0 Å². The van der Waals surface area contributed by atoms with Crippen LogP contribution in [0.4, 0.5) is 4.79 Å². The molecule has 0 aromatic rings. The van der Waals surface area contributed by atoms with E-state index < -0.39 is 30.0 Å². The quantitative estimate of drug-likeness (QED) is 0.669. The molecule has 0 bridgehead atoms. The van der Waals surface area contributed by atoms with Crippen molar-refractivity contribution in [2.75, 3.05) is 13.1 Å². The summed E-state index contributed by atoms with van der Waals surface area (Å²) < 4.78 is 0. The van der Waals surface area contributed by atoms with Crippen molar-refractivity contribution in [2.45, 2.75) is 39.3 Å². The number of rotatable bonds is 4. The monoisotopic (exact) mass is 271 g/mol. The molecule has 1 rings (SSSR count). The van der Waals surface area contributed by atoms with Gasteiger partial charge in [0.05, 0.1) is 6.04 Å². The predicted octanol–water partition coefficient (Wildman–Crippen LogP) is 0.0156. The van der Waals surface area contributed by atoms with Crippen molar-refractivity contribution in [3.8, 4) is 0 Å². The maximum Gasteiger partial charge on any atom is 0.321 e. The molecule has 108 valence electrons. The van der Waals surface area contributed by atoms with Gasteiger partial charge in [0, 0.05) is 13.1 Å². The van der Waals surface area contributed by atoms with E-state index in [2.05, 4.69) is 10.6 Å². The van der Waals surface area contributed by atoms with Gasteiger partial charge in [-0.2, -0.15) is 0 Å². The summed E-state index contributed by atoms with van der Waals surface area (Å²) in [5.41, 5.74) is 0. The second-order valence-electron chi connectivity index (χ2n) is 4.81. The van der Waals surface area contributed by atoms with E-state index in [1.807, 2.05) is 6.92 Å². The first-order chi connectivity index (χ1) is 8.88. The zero-order valence-electron chi connectivity index (χ0n) is 11.5. The number of carbonyl (C=O) groups is 3. The highest BCUT2D eigenvalue weighted by molar-refractivity contribution is 5.97. The summed E-state index contributed by atoms with van der Waals surface area (Å²) >= 11 is 0. The Bertz CT molecular complexity index is 372. The van der Waals surface area contributed by atoms with Gasteiger partial charge in [0.25, 0.3) is 0 Å². The van der Waals surface area contributed by atoms with Crippen molar-refractivity contribution in [1.82, 2.24) is 15.5 Å². The van der Waals surface area contributed by atoms with Gasteiger partial charge in [0.2, 0.25) is 5.91 Å². The molecule has 3 atom stereocenters. The Balaban J connectivity index is 2.66. The number of hydrogen-bond acceptors (Lipinski definition) is 4. The molecular formula is C12H21N3O4. The number of amides is 3. The molecule has 3 amide bonds. The largest absolute Gasteiger partial charge is 0.480 e. The van der Waals surface area contributed by atoms with E-state index in [1.54, 1.807) is 18.7 Å². The van der Waals surface area contributed by atoms with E-state index in [9.17, 15) is 19.5 Å². The molecule has 3 N–H and O–H groups in total. The Hall–Kier alpha value is -1.63. The minimum absolute atomic E-state index is 0.00258. The highest BCUT2D eigenvalue weighted by atomic mass is 16.4. The summed E-state index contributed by atoms with van der Waals surface area (Å²) in [6.45, 7) is 6.18. The molecular weight excluding hydrogens is 250 g/mol. The van der Waals surface area contributed by atoms with Crippen LogP contribution in [0.1, 0.15) is 27.2 Å². The smallest absolute Gasteiger partial charge is 0.321 e. The molecule has 7 nitrogen and oxygen atoms in total. The van der Waals surface area contributed by atoms with Gasteiger partial charge >= 0.3 is 12.0 Å². The minimum Gasteiger partial charge on any atom is -0.480 e. The van der Waals surface area contributed by atoms with Crippen molar-refractivity contribution < 1.29 is 19.5 Å². The van der Waals surface area contributed by atoms with Crippen LogP contribution in [0.15, 0.2) is 0 Å². The van der Waals surface area contributed by atoms with Crippen LogP contribution in [-0.2, 0) is 9.59 Å². The highest BCUT2D eigenvalue weighted by Crippen LogP contribution is 2.26. The number of imide groups is 1. The van der Waals surface area contributed by atoms with Crippen LogP contribution in [0.5, 0.6) is 0 Å². The van der Waals surface area contributed by atoms with Gasteiger partial charge in [0.1, 0.15) is 6.04 Å². The van der Waals surface area contributed by atoms with Crippen LogP contribution in [-0.4, -0.2) is 53.1 Å². The molecule has 19 heavy (non-hydrogen) atoms. The molecule has 1 aliphatic rings. The maximum absolute atomic E-state index is 11.9. The SMILES string of the molecule is CCNC(=O)NC(=O)C(C)N1CCC(C)C1C(=O)O. The number of carbonyl (C=O) groups excluding carboxylic acids is 2. The van der Waals surface area contributed by atoms with E-state index in [4.69, 9.17) is 0 Å². The highest BCUT2D eigenvalue weighted by Gasteiger charge is 2.41. The normalized spacial score (nSPS) is 24.8. The zero-order chi connectivity index (χ0) is 14.6. The third-order valence-electron chi connectivity index (χ3n) is 3.44. The number of carboxylic acid groups (broad SMARTS) is 1. The molecule has 3 unspecified atom stereocenters. The summed E-state index contributed by atoms with van der Waals surface area (Å²) in [6, 6.07) is -1.87. The average Bonchev–Trinajstić information content (AvgIpc) is 2.70. The summed E-state index contributed by atoms with van der Waals surface area (Å²) in [4.78, 5) is 36.0. The van der Waals surface area contributed by atoms with Crippen LogP contribution < -0.4 is 10.6 Å². The Labute approximate surface area is 112 Å². The molecule has 1 saturated heterocycles. The van der Waals surface area contributed by atoms with Crippen LogP contribution in [0.3, 0.4) is 0 Å². The Morgan fingerprint density at radius 2 is 2.05 bits per heavy atom. The number of urea groups is 1. The number of nitrogens with zero attached hydrogens (tertiary/aromatic N) is 1. The van der Waals surface area contributed by atoms with Crippen LogP contribution >= 0.6 is 0 Å². The zero-order valence-corrected chi connectivity index (χ0v) is 11.5. The lowest BCUT2D eigenvalue weighted by molar-refractivity contribution is -0.145. The molecule has 1 aliphatic heterocycles. The average molecular weight is 271 g/mol. The predicted molar refractivity (Wildman–Crippen MR) is 68.6 cm³/mol. The van der Waals surface area contributed by atoms with Gasteiger partial charge in [-0.3, -0.25) is 19.8 Å². The Morgan fingerprint density at radius 1 is 1.42 bits per heavy atom. The fourth-order valence-electron chi connectivity index (χ4n) is 2.37. The molecule has 0 aliphatic carbocycles. The van der Waals surface area contributed by atoms with E-state index in [0.717, 1.165) is 6.42 Å². The summed E-state index contributed by atoms with van der Waals surface area (Å²) in [7, 11) is 0. The Kier molecular flexibility index (Phi) is 5.29. The summed E-state index contributed by atoms with van der Waals surface area (Å²) in [5.74, 6) is -1.41. The molecule has 0 radical (unpaired) electrons. The summed E-state index contributed by atoms with van der Waals surface area (Å²) in [5, 5.41) is 13.9. The lowest BCUT2D eigenvalue weighted by Gasteiger charge is -2.28. The lowest BCUT2D eigenvalue weighted by Crippen LogP contribution is -2.53. The first-order valence-corrected chi connectivity index (χ1v) is 6.45. The van der Waals surface area contributed by atoms with Gasteiger partial charge in [-0.1, -0.05) is 6.92 Å². The minimum atomic E-state index is -0.928. The third kappa shape index (κ3) is 3.66.